The smallest absolute Gasteiger partial charge is 0.329 e. The van der Waals surface area contributed by atoms with Crippen LogP contribution in [0.5, 0.6) is 0 Å². The molecule has 1 atom stereocenters. The molecule has 3 heterocycles. The van der Waals surface area contributed by atoms with E-state index in [9.17, 15) is 24.0 Å². The van der Waals surface area contributed by atoms with E-state index < -0.39 is 36.2 Å². The summed E-state index contributed by atoms with van der Waals surface area (Å²) >= 11 is 11.9. The van der Waals surface area contributed by atoms with E-state index in [0.717, 1.165) is 34.6 Å². The number of halogens is 2. The van der Waals surface area contributed by atoms with Gasteiger partial charge < -0.3 is 9.64 Å². The molecule has 0 unspecified atom stereocenters. The Hall–Kier alpha value is -3.23. The average molecular weight is 501 g/mol. The van der Waals surface area contributed by atoms with Gasteiger partial charge in [0, 0.05) is 12.1 Å². The van der Waals surface area contributed by atoms with Gasteiger partial charge in [0.05, 0.1) is 33.3 Å². The molecule has 2 aromatic carbocycles. The molecule has 174 valence electrons. The van der Waals surface area contributed by atoms with Crippen LogP contribution in [0.15, 0.2) is 24.3 Å². The minimum absolute atomic E-state index is 0.0179. The van der Waals surface area contributed by atoms with Crippen molar-refractivity contribution in [3.05, 3.63) is 62.1 Å². The third-order valence-electron chi connectivity index (χ3n) is 6.36. The highest BCUT2D eigenvalue weighted by atomic mass is 35.5. The zero-order valence-electron chi connectivity index (χ0n) is 18.0. The number of carbonyl (C=O) groups is 5. The number of hydrogen-bond donors (Lipinski definition) is 0. The fraction of sp³-hybridized carbons (Fsp3) is 0.292. The minimum atomic E-state index is -1.26. The van der Waals surface area contributed by atoms with Crippen molar-refractivity contribution < 1.29 is 28.7 Å². The molecule has 3 amide bonds. The normalized spacial score (nSPS) is 17.1. The summed E-state index contributed by atoms with van der Waals surface area (Å²) in [6, 6.07) is 4.71. The third kappa shape index (κ3) is 3.49. The van der Waals surface area contributed by atoms with Gasteiger partial charge in [-0.15, -0.1) is 0 Å². The van der Waals surface area contributed by atoms with E-state index in [-0.39, 0.29) is 33.5 Å². The number of ether oxygens (including phenoxy) is 1. The van der Waals surface area contributed by atoms with Crippen molar-refractivity contribution in [2.24, 2.45) is 0 Å². The average Bonchev–Trinajstić information content (AvgIpc) is 3.26. The number of esters is 1. The summed E-state index contributed by atoms with van der Waals surface area (Å²) in [6.07, 6.45) is 1.82. The molecule has 5 rings (SSSR count). The van der Waals surface area contributed by atoms with Gasteiger partial charge in [0.2, 0.25) is 5.91 Å². The summed E-state index contributed by atoms with van der Waals surface area (Å²) in [5.74, 6) is -2.70. The first-order valence-electron chi connectivity index (χ1n) is 10.7. The summed E-state index contributed by atoms with van der Waals surface area (Å²) in [5.41, 5.74) is 3.08. The lowest BCUT2D eigenvalue weighted by atomic mass is 9.95. The molecular weight excluding hydrogens is 483 g/mol. The second-order valence-corrected chi connectivity index (χ2v) is 9.28. The highest BCUT2D eigenvalue weighted by Crippen LogP contribution is 2.38. The molecule has 0 aromatic heterocycles. The molecule has 0 saturated carbocycles. The second kappa shape index (κ2) is 8.21. The molecule has 0 N–H and O–H groups in total. The van der Waals surface area contributed by atoms with E-state index in [1.54, 1.807) is 17.0 Å². The number of aryl methyl sites for hydroxylation is 1. The minimum Gasteiger partial charge on any atom is -0.456 e. The van der Waals surface area contributed by atoms with Crippen molar-refractivity contribution in [1.82, 2.24) is 4.90 Å². The first-order valence-corrected chi connectivity index (χ1v) is 11.5. The Labute approximate surface area is 204 Å². The molecule has 0 radical (unpaired) electrons. The fourth-order valence-corrected chi connectivity index (χ4v) is 5.02. The van der Waals surface area contributed by atoms with Crippen molar-refractivity contribution in [2.45, 2.75) is 32.2 Å². The first-order chi connectivity index (χ1) is 16.2. The number of benzene rings is 2. The Morgan fingerprint density at radius 3 is 2.26 bits per heavy atom. The first kappa shape index (κ1) is 22.6. The van der Waals surface area contributed by atoms with Crippen molar-refractivity contribution >= 4 is 58.4 Å². The number of amides is 3. The van der Waals surface area contributed by atoms with Gasteiger partial charge in [-0.2, -0.15) is 0 Å². The van der Waals surface area contributed by atoms with Crippen LogP contribution in [0.25, 0.3) is 0 Å². The molecule has 3 aliphatic rings. The van der Waals surface area contributed by atoms with Crippen molar-refractivity contribution in [1.29, 1.82) is 0 Å². The number of Topliss-reactive ketones (excluding diaryl/α,β-unsaturated/α-hetero) is 1. The molecule has 2 aromatic rings. The van der Waals surface area contributed by atoms with Gasteiger partial charge in [0.1, 0.15) is 6.04 Å². The molecule has 10 heteroatoms. The standard InChI is InChI=1S/C24H18Cl2N2O6/c1-11(28-22(31)15-8-17(25)18(26)9-16(15)23(28)32)24(33)34-10-19(29)13-5-12-3-2-4-27-20(30)7-14(6-13)21(12)27/h5-6,8-9,11H,2-4,7,10H2,1H3/t11-/m0/s1. The van der Waals surface area contributed by atoms with Gasteiger partial charge in [0.25, 0.3) is 11.8 Å². The van der Waals surface area contributed by atoms with Gasteiger partial charge in [-0.3, -0.25) is 24.1 Å². The van der Waals surface area contributed by atoms with E-state index >= 15 is 0 Å². The summed E-state index contributed by atoms with van der Waals surface area (Å²) in [5, 5.41) is 0.227. The number of anilines is 1. The third-order valence-corrected chi connectivity index (χ3v) is 7.09. The van der Waals surface area contributed by atoms with Crippen LogP contribution in [0.4, 0.5) is 5.69 Å². The number of rotatable bonds is 5. The predicted octanol–water partition coefficient (Wildman–Crippen LogP) is 3.24. The maximum absolute atomic E-state index is 12.8. The topological polar surface area (TPSA) is 101 Å². The van der Waals surface area contributed by atoms with Gasteiger partial charge in [-0.05, 0) is 55.2 Å². The van der Waals surface area contributed by atoms with Crippen LogP contribution >= 0.6 is 23.2 Å². The molecule has 34 heavy (non-hydrogen) atoms. The summed E-state index contributed by atoms with van der Waals surface area (Å²) in [6.45, 7) is 1.47. The maximum Gasteiger partial charge on any atom is 0.329 e. The van der Waals surface area contributed by atoms with Gasteiger partial charge >= 0.3 is 5.97 Å². The molecule has 0 saturated heterocycles. The van der Waals surface area contributed by atoms with Gasteiger partial charge in [-0.25, -0.2) is 4.79 Å². The fourth-order valence-electron chi connectivity index (χ4n) is 4.69. The summed E-state index contributed by atoms with van der Waals surface area (Å²) in [4.78, 5) is 65.6. The Kier molecular flexibility index (Phi) is 5.45. The van der Waals surface area contributed by atoms with E-state index in [0.29, 0.717) is 12.1 Å². The Balaban J connectivity index is 1.28. The molecule has 0 fully saturated rings. The molecule has 3 aliphatic heterocycles. The Morgan fingerprint density at radius 2 is 1.62 bits per heavy atom. The van der Waals surface area contributed by atoms with Crippen molar-refractivity contribution in [2.75, 3.05) is 18.1 Å². The molecule has 8 nitrogen and oxygen atoms in total. The number of carbonyl (C=O) groups excluding carboxylic acids is 5. The van der Waals surface area contributed by atoms with Crippen LogP contribution in [-0.2, 0) is 27.2 Å². The Morgan fingerprint density at radius 1 is 1.00 bits per heavy atom. The molecular formula is C24H18Cl2N2O6. The van der Waals surface area contributed by atoms with Crippen LogP contribution < -0.4 is 4.90 Å². The van der Waals surface area contributed by atoms with Crippen molar-refractivity contribution in [3.63, 3.8) is 0 Å². The number of nitrogens with zero attached hydrogens (tertiary/aromatic N) is 2. The van der Waals surface area contributed by atoms with Crippen LogP contribution in [0.2, 0.25) is 10.0 Å². The highest BCUT2D eigenvalue weighted by Gasteiger charge is 2.42. The van der Waals surface area contributed by atoms with Crippen molar-refractivity contribution in [3.8, 4) is 0 Å². The molecule has 0 bridgehead atoms. The number of hydrogen-bond acceptors (Lipinski definition) is 6. The van der Waals surface area contributed by atoms with Crippen LogP contribution in [0.3, 0.4) is 0 Å². The van der Waals surface area contributed by atoms with Gasteiger partial charge in [-0.1, -0.05) is 23.2 Å². The van der Waals surface area contributed by atoms with Gasteiger partial charge in [0.15, 0.2) is 12.4 Å². The zero-order valence-corrected chi connectivity index (χ0v) is 19.5. The second-order valence-electron chi connectivity index (χ2n) is 8.47. The SMILES string of the molecule is C[C@@H](C(=O)OCC(=O)c1cc2c3c(c1)CC(=O)N3CCC2)N1C(=O)c2cc(Cl)c(Cl)cc2C1=O. The lowest BCUT2D eigenvalue weighted by Crippen LogP contribution is -2.44. The monoisotopic (exact) mass is 500 g/mol. The quantitative estimate of drug-likeness (QED) is 0.354. The van der Waals surface area contributed by atoms with Crippen LogP contribution in [0.1, 0.15) is 55.5 Å². The van der Waals surface area contributed by atoms with E-state index in [1.807, 2.05) is 0 Å². The number of fused-ring (bicyclic) bond motifs is 1. The van der Waals surface area contributed by atoms with Crippen LogP contribution in [-0.4, -0.2) is 53.6 Å². The highest BCUT2D eigenvalue weighted by molar-refractivity contribution is 6.43. The Bertz CT molecular complexity index is 1280. The predicted molar refractivity (Wildman–Crippen MR) is 123 cm³/mol. The lowest BCUT2D eigenvalue weighted by Gasteiger charge is -2.26. The van der Waals surface area contributed by atoms with E-state index in [2.05, 4.69) is 0 Å². The summed E-state index contributed by atoms with van der Waals surface area (Å²) < 4.78 is 5.16. The van der Waals surface area contributed by atoms with E-state index in [4.69, 9.17) is 27.9 Å². The zero-order chi connectivity index (χ0) is 24.3. The molecule has 0 aliphatic carbocycles. The van der Waals surface area contributed by atoms with E-state index in [1.165, 1.54) is 19.1 Å². The lowest BCUT2D eigenvalue weighted by molar-refractivity contribution is -0.146. The summed E-state index contributed by atoms with van der Waals surface area (Å²) in [7, 11) is 0. The largest absolute Gasteiger partial charge is 0.456 e. The number of ketones is 1. The maximum atomic E-state index is 12.8. The number of imide groups is 1. The molecule has 0 spiro atoms. The van der Waals surface area contributed by atoms with Crippen LogP contribution in [0, 0.1) is 0 Å².